The normalized spacial score (nSPS) is 11.0. The zero-order valence-corrected chi connectivity index (χ0v) is 23.6. The fraction of sp³-hybridized carbons (Fsp3) is 0.471. The first-order valence-electron chi connectivity index (χ1n) is 14.7. The molecule has 1 heterocycles. The van der Waals surface area contributed by atoms with Gasteiger partial charge in [-0.2, -0.15) is 0 Å². The molecule has 0 fully saturated rings. The smallest absolute Gasteiger partial charge is 0.344 e. The minimum Gasteiger partial charge on any atom is -0.493 e. The molecule has 2 aromatic carbocycles. The second-order valence-corrected chi connectivity index (χ2v) is 10.2. The van der Waals surface area contributed by atoms with Crippen molar-refractivity contribution in [3.63, 3.8) is 0 Å². The standard InChI is InChI=1S/C34H44O5/c1-3-5-18-27-19-14-15-20-30(27)31-25-28-21-22-29(26-32(28)39-34(31)36)37-23-16-12-10-8-6-7-9-11-13-17-24-38-33(35)4-2/h4,14-15,19-22,25-26H,2-3,5-13,16-18,23-24H2,1H3. The van der Waals surface area contributed by atoms with E-state index in [2.05, 4.69) is 19.6 Å². The van der Waals surface area contributed by atoms with Crippen LogP contribution in [0, 0.1) is 0 Å². The van der Waals surface area contributed by atoms with Crippen LogP contribution in [0.15, 0.2) is 70.4 Å². The molecule has 5 nitrogen and oxygen atoms in total. The molecular formula is C34H44O5. The number of hydrogen-bond acceptors (Lipinski definition) is 5. The molecule has 0 N–H and O–H groups in total. The van der Waals surface area contributed by atoms with Gasteiger partial charge in [0.25, 0.3) is 0 Å². The Morgan fingerprint density at radius 1 is 0.821 bits per heavy atom. The van der Waals surface area contributed by atoms with E-state index in [9.17, 15) is 9.59 Å². The first kappa shape index (κ1) is 30.2. The third kappa shape index (κ3) is 10.4. The van der Waals surface area contributed by atoms with E-state index < -0.39 is 0 Å². The van der Waals surface area contributed by atoms with Gasteiger partial charge in [-0.3, -0.25) is 0 Å². The topological polar surface area (TPSA) is 65.7 Å². The van der Waals surface area contributed by atoms with Gasteiger partial charge < -0.3 is 13.9 Å². The number of benzene rings is 2. The lowest BCUT2D eigenvalue weighted by molar-refractivity contribution is -0.137. The molecule has 0 aliphatic carbocycles. The van der Waals surface area contributed by atoms with Gasteiger partial charge in [0.05, 0.1) is 18.8 Å². The number of ether oxygens (including phenoxy) is 2. The van der Waals surface area contributed by atoms with Crippen molar-refractivity contribution in [3.8, 4) is 16.9 Å². The number of unbranched alkanes of at least 4 members (excludes halogenated alkanes) is 10. The summed E-state index contributed by atoms with van der Waals surface area (Å²) in [6, 6.07) is 15.8. The molecule has 0 saturated carbocycles. The summed E-state index contributed by atoms with van der Waals surface area (Å²) < 4.78 is 16.7. The van der Waals surface area contributed by atoms with Crippen LogP contribution in [0.5, 0.6) is 5.75 Å². The number of aryl methyl sites for hydroxylation is 1. The molecule has 5 heteroatoms. The molecule has 3 rings (SSSR count). The van der Waals surface area contributed by atoms with Crippen LogP contribution in [0.3, 0.4) is 0 Å². The van der Waals surface area contributed by atoms with Crippen molar-refractivity contribution in [1.29, 1.82) is 0 Å². The molecule has 0 amide bonds. The predicted molar refractivity (Wildman–Crippen MR) is 159 cm³/mol. The van der Waals surface area contributed by atoms with Crippen molar-refractivity contribution in [1.82, 2.24) is 0 Å². The van der Waals surface area contributed by atoms with E-state index in [1.54, 1.807) is 0 Å². The summed E-state index contributed by atoms with van der Waals surface area (Å²) in [5.41, 5.74) is 3.02. The highest BCUT2D eigenvalue weighted by molar-refractivity contribution is 5.83. The van der Waals surface area contributed by atoms with Gasteiger partial charge in [0.15, 0.2) is 0 Å². The first-order chi connectivity index (χ1) is 19.1. The summed E-state index contributed by atoms with van der Waals surface area (Å²) in [7, 11) is 0. The molecule has 0 atom stereocenters. The lowest BCUT2D eigenvalue weighted by Crippen LogP contribution is -2.05. The summed E-state index contributed by atoms with van der Waals surface area (Å²) in [6.45, 7) is 6.72. The molecule has 39 heavy (non-hydrogen) atoms. The molecule has 0 unspecified atom stereocenters. The van der Waals surface area contributed by atoms with Gasteiger partial charge in [-0.25, -0.2) is 9.59 Å². The van der Waals surface area contributed by atoms with E-state index in [-0.39, 0.29) is 11.6 Å². The Morgan fingerprint density at radius 2 is 1.49 bits per heavy atom. The minimum absolute atomic E-state index is 0.308. The zero-order chi connectivity index (χ0) is 27.7. The molecule has 0 spiro atoms. The van der Waals surface area contributed by atoms with Crippen LogP contribution in [0.2, 0.25) is 0 Å². The molecule has 0 saturated heterocycles. The maximum absolute atomic E-state index is 12.9. The molecule has 0 radical (unpaired) electrons. The zero-order valence-electron chi connectivity index (χ0n) is 23.6. The molecule has 0 bridgehead atoms. The van der Waals surface area contributed by atoms with Crippen molar-refractivity contribution in [2.24, 2.45) is 0 Å². The maximum Gasteiger partial charge on any atom is 0.344 e. The van der Waals surface area contributed by atoms with Crippen LogP contribution in [0.1, 0.15) is 89.5 Å². The van der Waals surface area contributed by atoms with Gasteiger partial charge in [0.2, 0.25) is 0 Å². The number of hydrogen-bond donors (Lipinski definition) is 0. The average molecular weight is 533 g/mol. The summed E-state index contributed by atoms with van der Waals surface area (Å²) in [5, 5.41) is 0.901. The van der Waals surface area contributed by atoms with E-state index >= 15 is 0 Å². The Labute approximate surface area is 233 Å². The van der Waals surface area contributed by atoms with Crippen molar-refractivity contribution in [2.75, 3.05) is 13.2 Å². The molecule has 0 aliphatic heterocycles. The quantitative estimate of drug-likeness (QED) is 0.0668. The Hall–Kier alpha value is -3.34. The number of carbonyl (C=O) groups excluding carboxylic acids is 1. The van der Waals surface area contributed by atoms with Gasteiger partial charge >= 0.3 is 11.6 Å². The Kier molecular flexibility index (Phi) is 13.4. The van der Waals surface area contributed by atoms with Gasteiger partial charge in [0.1, 0.15) is 11.3 Å². The van der Waals surface area contributed by atoms with Crippen molar-refractivity contribution < 1.29 is 18.7 Å². The van der Waals surface area contributed by atoms with E-state index in [1.165, 1.54) is 50.2 Å². The molecule has 3 aromatic rings. The van der Waals surface area contributed by atoms with Crippen LogP contribution in [0.4, 0.5) is 0 Å². The van der Waals surface area contributed by atoms with E-state index in [4.69, 9.17) is 13.9 Å². The number of carbonyl (C=O) groups is 1. The lowest BCUT2D eigenvalue weighted by atomic mass is 9.96. The van der Waals surface area contributed by atoms with E-state index in [0.717, 1.165) is 61.6 Å². The fourth-order valence-electron chi connectivity index (χ4n) is 4.78. The molecule has 210 valence electrons. The van der Waals surface area contributed by atoms with Crippen LogP contribution in [-0.4, -0.2) is 19.2 Å². The highest BCUT2D eigenvalue weighted by Gasteiger charge is 2.12. The SMILES string of the molecule is C=CC(=O)OCCCCCCCCCCCCOc1ccc2cc(-c3ccccc3CCCC)c(=O)oc2c1. The Balaban J connectivity index is 1.34. The second kappa shape index (κ2) is 17.3. The third-order valence-electron chi connectivity index (χ3n) is 7.03. The highest BCUT2D eigenvalue weighted by atomic mass is 16.5. The Morgan fingerprint density at radius 3 is 2.18 bits per heavy atom. The lowest BCUT2D eigenvalue weighted by Gasteiger charge is -2.10. The molecule has 1 aromatic heterocycles. The highest BCUT2D eigenvalue weighted by Crippen LogP contribution is 2.27. The van der Waals surface area contributed by atoms with E-state index in [0.29, 0.717) is 24.4 Å². The monoisotopic (exact) mass is 532 g/mol. The van der Waals surface area contributed by atoms with Gasteiger partial charge in [-0.15, -0.1) is 0 Å². The van der Waals surface area contributed by atoms with Crippen LogP contribution >= 0.6 is 0 Å². The summed E-state index contributed by atoms with van der Waals surface area (Å²) in [4.78, 5) is 23.8. The average Bonchev–Trinajstić information content (AvgIpc) is 2.95. The van der Waals surface area contributed by atoms with Gasteiger partial charge in [-0.05, 0) is 55.0 Å². The van der Waals surface area contributed by atoms with Crippen molar-refractivity contribution in [3.05, 3.63) is 77.2 Å². The molecule has 0 aliphatic rings. The third-order valence-corrected chi connectivity index (χ3v) is 7.03. The van der Waals surface area contributed by atoms with E-state index in [1.807, 2.05) is 42.5 Å². The maximum atomic E-state index is 12.9. The van der Waals surface area contributed by atoms with Crippen LogP contribution in [0.25, 0.3) is 22.1 Å². The van der Waals surface area contributed by atoms with Gasteiger partial charge in [-0.1, -0.05) is 95.6 Å². The summed E-state index contributed by atoms with van der Waals surface area (Å²) in [5.74, 6) is 0.403. The van der Waals surface area contributed by atoms with Crippen molar-refractivity contribution >= 4 is 16.9 Å². The largest absolute Gasteiger partial charge is 0.493 e. The second-order valence-electron chi connectivity index (χ2n) is 10.2. The number of fused-ring (bicyclic) bond motifs is 1. The fourth-order valence-corrected chi connectivity index (χ4v) is 4.78. The summed E-state index contributed by atoms with van der Waals surface area (Å²) >= 11 is 0. The summed E-state index contributed by atoms with van der Waals surface area (Å²) in [6.07, 6.45) is 16.0. The van der Waals surface area contributed by atoms with Crippen LogP contribution in [-0.2, 0) is 16.0 Å². The van der Waals surface area contributed by atoms with Crippen LogP contribution < -0.4 is 10.4 Å². The minimum atomic E-state index is -0.334. The molecular weight excluding hydrogens is 488 g/mol. The number of esters is 1. The Bertz CT molecular complexity index is 1230. The van der Waals surface area contributed by atoms with Gasteiger partial charge in [0, 0.05) is 17.5 Å². The predicted octanol–water partition coefficient (Wildman–Crippen LogP) is 8.81. The first-order valence-corrected chi connectivity index (χ1v) is 14.7. The number of rotatable bonds is 19. The van der Waals surface area contributed by atoms with Crippen molar-refractivity contribution in [2.45, 2.75) is 90.4 Å².